The van der Waals surface area contributed by atoms with Crippen LogP contribution in [0.15, 0.2) is 21.9 Å². The Morgan fingerprint density at radius 3 is 2.88 bits per heavy atom. The fraction of sp³-hybridized carbons (Fsp3) is 0.375. The van der Waals surface area contributed by atoms with E-state index < -0.39 is 11.2 Å². The third-order valence-electron chi connectivity index (χ3n) is 3.46. The summed E-state index contributed by atoms with van der Waals surface area (Å²) in [5.74, 6) is 0.608. The van der Waals surface area contributed by atoms with Gasteiger partial charge in [0.15, 0.2) is 0 Å². The number of aromatic nitrogens is 2. The van der Waals surface area contributed by atoms with Gasteiger partial charge in [0.05, 0.1) is 6.61 Å². The van der Waals surface area contributed by atoms with Crippen LogP contribution in [-0.4, -0.2) is 26.9 Å². The summed E-state index contributed by atoms with van der Waals surface area (Å²) in [4.78, 5) is 9.84. The van der Waals surface area contributed by atoms with Crippen LogP contribution in [0.25, 0.3) is 20.9 Å². The molecule has 0 saturated carbocycles. The van der Waals surface area contributed by atoms with Crippen LogP contribution in [0.1, 0.15) is 25.8 Å². The number of pyridine rings is 1. The van der Waals surface area contributed by atoms with Crippen molar-refractivity contribution in [2.75, 3.05) is 18.1 Å². The summed E-state index contributed by atoms with van der Waals surface area (Å²) in [6.07, 6.45) is 2.61. The normalized spacial score (nSPS) is 12.8. The van der Waals surface area contributed by atoms with Crippen molar-refractivity contribution in [3.8, 4) is 10.7 Å². The summed E-state index contributed by atoms with van der Waals surface area (Å²) in [5, 5.41) is 3.65. The zero-order valence-electron chi connectivity index (χ0n) is 13.6. The molecule has 1 unspecified atom stereocenters. The monoisotopic (exact) mass is 381 g/mol. The van der Waals surface area contributed by atoms with E-state index in [1.165, 1.54) is 11.3 Å². The first-order chi connectivity index (χ1) is 11.7. The van der Waals surface area contributed by atoms with Crippen molar-refractivity contribution in [1.82, 2.24) is 9.97 Å². The lowest BCUT2D eigenvalue weighted by Gasteiger charge is -2.08. The number of nitrogen functional groups attached to an aromatic ring is 1. The van der Waals surface area contributed by atoms with E-state index in [-0.39, 0.29) is 0 Å². The van der Waals surface area contributed by atoms with Gasteiger partial charge in [0, 0.05) is 23.6 Å². The highest BCUT2D eigenvalue weighted by Crippen LogP contribution is 2.40. The summed E-state index contributed by atoms with van der Waals surface area (Å²) in [7, 11) is 0. The Balaban J connectivity index is 2.15. The summed E-state index contributed by atoms with van der Waals surface area (Å²) in [5.41, 5.74) is 8.68. The van der Waals surface area contributed by atoms with E-state index in [1.807, 2.05) is 25.3 Å². The zero-order chi connectivity index (χ0) is 17.1. The Morgan fingerprint density at radius 2 is 2.21 bits per heavy atom. The first-order valence-corrected chi connectivity index (χ1v) is 10.7. The molecule has 3 aromatic heterocycles. The standard InChI is InChI=1S/C16H19N3O2S3/c1-3-7-24(20)16-13(17)12-10(9-21-4-2)8-11(19-15(12)23-16)14-18-5-6-22-14/h5-6,8H,3-4,7,9,17H2,1-2H3. The Hall–Kier alpha value is -1.19. The van der Waals surface area contributed by atoms with E-state index in [2.05, 4.69) is 4.98 Å². The van der Waals surface area contributed by atoms with Crippen molar-refractivity contribution in [3.63, 3.8) is 0 Å². The molecule has 24 heavy (non-hydrogen) atoms. The number of thiazole rings is 1. The smallest absolute Gasteiger partial charge is 0.232 e. The van der Waals surface area contributed by atoms with Crippen LogP contribution in [0.2, 0.25) is 0 Å². The molecule has 3 aromatic rings. The van der Waals surface area contributed by atoms with Crippen molar-refractivity contribution in [2.45, 2.75) is 31.1 Å². The van der Waals surface area contributed by atoms with Gasteiger partial charge < -0.3 is 15.0 Å². The molecule has 128 valence electrons. The van der Waals surface area contributed by atoms with E-state index >= 15 is 0 Å². The van der Waals surface area contributed by atoms with Crippen LogP contribution in [-0.2, 0) is 22.5 Å². The Bertz CT molecular complexity index is 818. The van der Waals surface area contributed by atoms with Crippen molar-refractivity contribution >= 4 is 49.8 Å². The number of hydrogen-bond donors (Lipinski definition) is 1. The van der Waals surface area contributed by atoms with Crippen LogP contribution in [0.3, 0.4) is 0 Å². The largest absolute Gasteiger partial charge is 0.611 e. The highest BCUT2D eigenvalue weighted by Gasteiger charge is 2.24. The molecule has 2 N–H and O–H groups in total. The molecule has 0 bridgehead atoms. The lowest BCUT2D eigenvalue weighted by atomic mass is 10.1. The molecular formula is C16H19N3O2S3. The van der Waals surface area contributed by atoms with Gasteiger partial charge in [-0.3, -0.25) is 0 Å². The molecular weight excluding hydrogens is 362 g/mol. The minimum atomic E-state index is -1.09. The van der Waals surface area contributed by atoms with Gasteiger partial charge in [0.1, 0.15) is 27.0 Å². The average Bonchev–Trinajstić information content (AvgIpc) is 3.21. The minimum absolute atomic E-state index is 0.453. The third kappa shape index (κ3) is 3.43. The molecule has 0 amide bonds. The van der Waals surface area contributed by atoms with E-state index in [9.17, 15) is 4.55 Å². The van der Waals surface area contributed by atoms with E-state index in [0.29, 0.717) is 28.9 Å². The van der Waals surface area contributed by atoms with Crippen LogP contribution in [0.5, 0.6) is 0 Å². The highest BCUT2D eigenvalue weighted by atomic mass is 32.2. The Kier molecular flexibility index (Phi) is 5.72. The summed E-state index contributed by atoms with van der Waals surface area (Å²) in [6, 6.07) is 1.98. The van der Waals surface area contributed by atoms with Gasteiger partial charge >= 0.3 is 0 Å². The van der Waals surface area contributed by atoms with Crippen molar-refractivity contribution in [2.24, 2.45) is 0 Å². The molecule has 0 aliphatic heterocycles. The van der Waals surface area contributed by atoms with Gasteiger partial charge in [-0.15, -0.1) is 11.3 Å². The zero-order valence-corrected chi connectivity index (χ0v) is 16.0. The molecule has 5 nitrogen and oxygen atoms in total. The van der Waals surface area contributed by atoms with E-state index in [4.69, 9.17) is 15.5 Å². The van der Waals surface area contributed by atoms with Gasteiger partial charge in [0.2, 0.25) is 4.21 Å². The fourth-order valence-corrected chi connectivity index (χ4v) is 5.65. The summed E-state index contributed by atoms with van der Waals surface area (Å²) >= 11 is 1.87. The number of nitrogens with two attached hydrogens (primary N) is 1. The van der Waals surface area contributed by atoms with Gasteiger partial charge in [-0.1, -0.05) is 18.3 Å². The lowest BCUT2D eigenvalue weighted by Crippen LogP contribution is -2.06. The van der Waals surface area contributed by atoms with Crippen LogP contribution in [0, 0.1) is 0 Å². The lowest BCUT2D eigenvalue weighted by molar-refractivity contribution is 0.135. The predicted octanol–water partition coefficient (Wildman–Crippen LogP) is 4.06. The van der Waals surface area contributed by atoms with E-state index in [0.717, 1.165) is 32.9 Å². The number of fused-ring (bicyclic) bond motifs is 1. The molecule has 8 heteroatoms. The molecule has 0 aliphatic carbocycles. The van der Waals surface area contributed by atoms with Gasteiger partial charge in [-0.05, 0) is 36.2 Å². The average molecular weight is 382 g/mol. The Morgan fingerprint density at radius 1 is 1.38 bits per heavy atom. The third-order valence-corrected chi connectivity index (χ3v) is 7.37. The SMILES string of the molecule is CCC[S+]([O-])c1sc2nc(-c3nccs3)cc(COCC)c2c1N. The summed E-state index contributed by atoms with van der Waals surface area (Å²) in [6.45, 7) is 5.04. The van der Waals surface area contributed by atoms with E-state index in [1.54, 1.807) is 17.5 Å². The molecule has 0 aliphatic rings. The molecule has 3 rings (SSSR count). The van der Waals surface area contributed by atoms with Gasteiger partial charge in [-0.2, -0.15) is 0 Å². The van der Waals surface area contributed by atoms with Crippen LogP contribution in [0.4, 0.5) is 5.69 Å². The minimum Gasteiger partial charge on any atom is -0.611 e. The van der Waals surface area contributed by atoms with Crippen LogP contribution < -0.4 is 5.73 Å². The second-order valence-corrected chi connectivity index (χ2v) is 8.83. The molecule has 0 fully saturated rings. The first kappa shape index (κ1) is 17.6. The van der Waals surface area contributed by atoms with Gasteiger partial charge in [-0.25, -0.2) is 9.97 Å². The second-order valence-electron chi connectivity index (χ2n) is 5.17. The quantitative estimate of drug-likeness (QED) is 0.624. The predicted molar refractivity (Wildman–Crippen MR) is 102 cm³/mol. The first-order valence-electron chi connectivity index (χ1n) is 7.73. The number of nitrogens with zero attached hydrogens (tertiary/aromatic N) is 2. The van der Waals surface area contributed by atoms with Crippen LogP contribution >= 0.6 is 22.7 Å². The molecule has 3 heterocycles. The van der Waals surface area contributed by atoms with Crippen molar-refractivity contribution in [1.29, 1.82) is 0 Å². The summed E-state index contributed by atoms with van der Waals surface area (Å²) < 4.78 is 18.8. The maximum atomic E-state index is 12.4. The van der Waals surface area contributed by atoms with Crippen molar-refractivity contribution in [3.05, 3.63) is 23.2 Å². The molecule has 0 spiro atoms. The second kappa shape index (κ2) is 7.79. The number of rotatable bonds is 7. The topological polar surface area (TPSA) is 84.1 Å². The maximum Gasteiger partial charge on any atom is 0.232 e. The molecule has 1 atom stereocenters. The number of thiophene rings is 1. The Labute approximate surface area is 152 Å². The number of hydrogen-bond acceptors (Lipinski definition) is 7. The molecule has 0 aromatic carbocycles. The maximum absolute atomic E-state index is 12.4. The highest BCUT2D eigenvalue weighted by molar-refractivity contribution is 7.93. The van der Waals surface area contributed by atoms with Gasteiger partial charge in [0.25, 0.3) is 0 Å². The fourth-order valence-electron chi connectivity index (χ4n) is 2.41. The molecule has 0 radical (unpaired) electrons. The van der Waals surface area contributed by atoms with Crippen molar-refractivity contribution < 1.29 is 9.29 Å². The number of ether oxygens (including phenoxy) is 1. The number of anilines is 1. The molecule has 0 saturated heterocycles.